The van der Waals surface area contributed by atoms with E-state index in [1.54, 1.807) is 6.08 Å². The van der Waals surface area contributed by atoms with Gasteiger partial charge in [-0.2, -0.15) is 15.0 Å². The number of anilines is 2. The number of allylic oxidation sites excluding steroid dienone is 4. The van der Waals surface area contributed by atoms with E-state index < -0.39 is 0 Å². The van der Waals surface area contributed by atoms with Crippen LogP contribution in [0.1, 0.15) is 44.9 Å². The molecule has 2 bridgehead atoms. The largest absolute Gasteiger partial charge is 0.354 e. The van der Waals surface area contributed by atoms with Crippen LogP contribution in [0, 0.1) is 17.8 Å². The molecule has 0 amide bonds. The molecule has 1 aromatic rings. The van der Waals surface area contributed by atoms with E-state index in [4.69, 9.17) is 11.6 Å². The van der Waals surface area contributed by atoms with Crippen LogP contribution in [0.3, 0.4) is 0 Å². The van der Waals surface area contributed by atoms with E-state index in [9.17, 15) is 4.79 Å². The normalized spacial score (nSPS) is 28.0. The summed E-state index contributed by atoms with van der Waals surface area (Å²) in [5.41, 5.74) is 2.81. The summed E-state index contributed by atoms with van der Waals surface area (Å²) in [5.74, 6) is 2.38. The number of carbonyl (C=O) groups is 1. The molecule has 1 aromatic heterocycles. The van der Waals surface area contributed by atoms with Crippen LogP contribution in [0.15, 0.2) is 35.5 Å². The molecule has 7 heteroatoms. The standard InChI is InChI=1S/C23H28ClN5O/c24-21-26-22(25-10-9-15-5-2-1-3-6-15)28-23(27-21)29-13-16-11-17(14-29)18-7-4-8-20(30)19(18)12-16/h4-5,7-8,16-17,19H,1-3,6,9-14H2,(H,25,26,27,28)/t16-,17-,19+/m1/s1. The second-order valence-corrected chi connectivity index (χ2v) is 9.27. The summed E-state index contributed by atoms with van der Waals surface area (Å²) in [6.45, 7) is 2.50. The van der Waals surface area contributed by atoms with Crippen LogP contribution in [0.5, 0.6) is 0 Å². The Morgan fingerprint density at radius 1 is 1.17 bits per heavy atom. The van der Waals surface area contributed by atoms with Crippen molar-refractivity contribution in [2.75, 3.05) is 29.9 Å². The molecule has 1 N–H and O–H groups in total. The van der Waals surface area contributed by atoms with Gasteiger partial charge in [-0.3, -0.25) is 4.79 Å². The number of ketones is 1. The molecule has 0 unspecified atom stereocenters. The summed E-state index contributed by atoms with van der Waals surface area (Å²) in [6, 6.07) is 0. The van der Waals surface area contributed by atoms with Gasteiger partial charge in [-0.05, 0) is 74.5 Å². The van der Waals surface area contributed by atoms with Crippen LogP contribution < -0.4 is 10.2 Å². The van der Waals surface area contributed by atoms with Crippen molar-refractivity contribution < 1.29 is 4.79 Å². The Balaban J connectivity index is 1.28. The Labute approximate surface area is 182 Å². The number of halogens is 1. The van der Waals surface area contributed by atoms with Gasteiger partial charge in [0.15, 0.2) is 5.78 Å². The van der Waals surface area contributed by atoms with Gasteiger partial charge in [0.25, 0.3) is 0 Å². The Morgan fingerprint density at radius 3 is 2.97 bits per heavy atom. The predicted molar refractivity (Wildman–Crippen MR) is 119 cm³/mol. The van der Waals surface area contributed by atoms with Crippen LogP contribution in [0.2, 0.25) is 5.28 Å². The Bertz CT molecular complexity index is 924. The van der Waals surface area contributed by atoms with E-state index in [2.05, 4.69) is 37.3 Å². The van der Waals surface area contributed by atoms with Gasteiger partial charge in [0.05, 0.1) is 0 Å². The zero-order valence-electron chi connectivity index (χ0n) is 17.2. The Hall–Kier alpha value is -2.21. The summed E-state index contributed by atoms with van der Waals surface area (Å²) in [6.07, 6.45) is 16.2. The maximum atomic E-state index is 12.3. The summed E-state index contributed by atoms with van der Waals surface area (Å²) < 4.78 is 0. The third kappa shape index (κ3) is 4.15. The fourth-order valence-electron chi connectivity index (χ4n) is 5.46. The Morgan fingerprint density at radius 2 is 2.10 bits per heavy atom. The first-order chi connectivity index (χ1) is 14.7. The average Bonchev–Trinajstić information content (AvgIpc) is 2.75. The van der Waals surface area contributed by atoms with Gasteiger partial charge in [-0.1, -0.05) is 29.4 Å². The van der Waals surface area contributed by atoms with Crippen molar-refractivity contribution in [3.05, 3.63) is 40.7 Å². The number of rotatable bonds is 5. The van der Waals surface area contributed by atoms with Crippen molar-refractivity contribution in [2.45, 2.75) is 44.9 Å². The lowest BCUT2D eigenvalue weighted by Gasteiger charge is -2.45. The second kappa shape index (κ2) is 8.50. The first kappa shape index (κ1) is 19.7. The smallest absolute Gasteiger partial charge is 0.231 e. The van der Waals surface area contributed by atoms with Crippen LogP contribution in [-0.2, 0) is 4.79 Å². The number of hydrogen-bond acceptors (Lipinski definition) is 6. The van der Waals surface area contributed by atoms with Crippen molar-refractivity contribution in [2.24, 2.45) is 17.8 Å². The quantitative estimate of drug-likeness (QED) is 0.707. The highest BCUT2D eigenvalue weighted by Crippen LogP contribution is 2.44. The third-order valence-corrected chi connectivity index (χ3v) is 7.04. The second-order valence-electron chi connectivity index (χ2n) is 8.93. The SMILES string of the molecule is O=C1C=CC=C2[C@@H]3C[C@H](C[C@H]12)CN(c1nc(Cl)nc(NCCC2=CCCCC2)n1)C3. The van der Waals surface area contributed by atoms with E-state index in [1.807, 2.05) is 6.08 Å². The maximum absolute atomic E-state index is 12.3. The zero-order chi connectivity index (χ0) is 20.5. The summed E-state index contributed by atoms with van der Waals surface area (Å²) in [7, 11) is 0. The lowest BCUT2D eigenvalue weighted by Crippen LogP contribution is -2.48. The molecule has 4 aliphatic rings. The third-order valence-electron chi connectivity index (χ3n) is 6.87. The van der Waals surface area contributed by atoms with Gasteiger partial charge in [-0.15, -0.1) is 0 Å². The minimum absolute atomic E-state index is 0.0779. The first-order valence-electron chi connectivity index (χ1n) is 11.2. The molecule has 1 saturated carbocycles. The van der Waals surface area contributed by atoms with Crippen molar-refractivity contribution in [1.29, 1.82) is 0 Å². The molecule has 1 saturated heterocycles. The lowest BCUT2D eigenvalue weighted by atomic mass is 9.66. The molecule has 0 spiro atoms. The van der Waals surface area contributed by atoms with E-state index in [-0.39, 0.29) is 17.0 Å². The van der Waals surface area contributed by atoms with E-state index in [0.29, 0.717) is 23.7 Å². The number of nitrogens with zero attached hydrogens (tertiary/aromatic N) is 4. The minimum atomic E-state index is 0.0779. The van der Waals surface area contributed by atoms with Gasteiger partial charge < -0.3 is 10.2 Å². The van der Waals surface area contributed by atoms with E-state index in [1.165, 1.54) is 36.8 Å². The van der Waals surface area contributed by atoms with Gasteiger partial charge >= 0.3 is 0 Å². The van der Waals surface area contributed by atoms with Crippen LogP contribution in [0.4, 0.5) is 11.9 Å². The number of aromatic nitrogens is 3. The molecule has 158 valence electrons. The predicted octanol–water partition coefficient (Wildman–Crippen LogP) is 4.36. The molecule has 0 radical (unpaired) electrons. The Kier molecular flexibility index (Phi) is 5.59. The summed E-state index contributed by atoms with van der Waals surface area (Å²) in [5, 5.41) is 3.56. The van der Waals surface area contributed by atoms with Crippen LogP contribution >= 0.6 is 11.6 Å². The molecule has 5 rings (SSSR count). The molecule has 6 nitrogen and oxygen atoms in total. The number of carbonyl (C=O) groups excluding carboxylic acids is 1. The van der Waals surface area contributed by atoms with Crippen molar-refractivity contribution >= 4 is 29.3 Å². The monoisotopic (exact) mass is 425 g/mol. The van der Waals surface area contributed by atoms with Crippen LogP contribution in [-0.4, -0.2) is 40.4 Å². The van der Waals surface area contributed by atoms with Crippen molar-refractivity contribution in [1.82, 2.24) is 15.0 Å². The number of fused-ring (bicyclic) bond motifs is 4. The van der Waals surface area contributed by atoms with Gasteiger partial charge in [0.2, 0.25) is 17.2 Å². The fraction of sp³-hybridized carbons (Fsp3) is 0.565. The number of hydrogen-bond donors (Lipinski definition) is 1. The highest BCUT2D eigenvalue weighted by atomic mass is 35.5. The molecule has 30 heavy (non-hydrogen) atoms. The van der Waals surface area contributed by atoms with Gasteiger partial charge in [0, 0.05) is 25.6 Å². The molecular formula is C23H28ClN5O. The van der Waals surface area contributed by atoms with E-state index >= 15 is 0 Å². The summed E-state index contributed by atoms with van der Waals surface area (Å²) >= 11 is 6.24. The fourth-order valence-corrected chi connectivity index (χ4v) is 5.62. The van der Waals surface area contributed by atoms with Gasteiger partial charge in [0.1, 0.15) is 0 Å². The van der Waals surface area contributed by atoms with Gasteiger partial charge in [-0.25, -0.2) is 0 Å². The van der Waals surface area contributed by atoms with E-state index in [0.717, 1.165) is 38.9 Å². The lowest BCUT2D eigenvalue weighted by molar-refractivity contribution is -0.118. The number of piperidine rings is 1. The molecular weight excluding hydrogens is 398 g/mol. The first-order valence-corrected chi connectivity index (χ1v) is 11.5. The highest BCUT2D eigenvalue weighted by Gasteiger charge is 2.41. The number of nitrogens with one attached hydrogen (secondary N) is 1. The van der Waals surface area contributed by atoms with Crippen LogP contribution in [0.25, 0.3) is 0 Å². The molecule has 0 aromatic carbocycles. The average molecular weight is 426 g/mol. The highest BCUT2D eigenvalue weighted by molar-refractivity contribution is 6.28. The van der Waals surface area contributed by atoms with Crippen molar-refractivity contribution in [3.8, 4) is 0 Å². The molecule has 1 aliphatic heterocycles. The molecule has 2 fully saturated rings. The zero-order valence-corrected chi connectivity index (χ0v) is 17.9. The molecule has 2 heterocycles. The summed E-state index contributed by atoms with van der Waals surface area (Å²) in [4.78, 5) is 27.9. The molecule has 3 aliphatic carbocycles. The maximum Gasteiger partial charge on any atom is 0.231 e. The molecule has 3 atom stereocenters. The minimum Gasteiger partial charge on any atom is -0.354 e. The van der Waals surface area contributed by atoms with Crippen molar-refractivity contribution in [3.63, 3.8) is 0 Å². The topological polar surface area (TPSA) is 71.0 Å².